The Bertz CT molecular complexity index is 1230. The molecule has 2 aliphatic rings. The molecule has 36 heavy (non-hydrogen) atoms. The number of phenols is 1. The number of hydrogen-bond acceptors (Lipinski definition) is 6. The first-order chi connectivity index (χ1) is 17.0. The van der Waals surface area contributed by atoms with Crippen LogP contribution in [0.2, 0.25) is 0 Å². The molecule has 1 saturated carbocycles. The number of hydrogen-bond donors (Lipinski definition) is 2. The summed E-state index contributed by atoms with van der Waals surface area (Å²) >= 11 is 0. The molecule has 1 aliphatic carbocycles. The Morgan fingerprint density at radius 1 is 1.14 bits per heavy atom. The SMILES string of the molecule is N#CC1(c2cc(F)c(CC(=O)Cc3ccnc(C(=O)NC4(C(F)(F)F)CC4)c3)cc2O)CCOCC1. The van der Waals surface area contributed by atoms with E-state index in [1.54, 1.807) is 0 Å². The Kier molecular flexibility index (Phi) is 6.75. The van der Waals surface area contributed by atoms with Crippen molar-refractivity contribution in [1.82, 2.24) is 10.3 Å². The minimum absolute atomic E-state index is 0.0609. The van der Waals surface area contributed by atoms with Crippen LogP contribution >= 0.6 is 0 Å². The standard InChI is InChI=1S/C25H23F4N3O4/c26-19-13-18(23(14-30)4-7-36-8-5-23)21(34)12-16(19)11-17(33)9-15-1-6-31-20(10-15)22(35)32-24(2-3-24)25(27,28)29/h1,6,10,12-13,34H,2-5,7-9,11H2,(H,32,35). The van der Waals surface area contributed by atoms with Crippen LogP contribution < -0.4 is 5.32 Å². The Morgan fingerprint density at radius 2 is 1.83 bits per heavy atom. The maximum absolute atomic E-state index is 14.9. The van der Waals surface area contributed by atoms with Crippen molar-refractivity contribution < 1.29 is 37.0 Å². The highest BCUT2D eigenvalue weighted by Crippen LogP contribution is 2.49. The number of pyridine rings is 1. The topological polar surface area (TPSA) is 112 Å². The van der Waals surface area contributed by atoms with Gasteiger partial charge in [0.2, 0.25) is 0 Å². The molecule has 0 atom stereocenters. The number of halogens is 4. The van der Waals surface area contributed by atoms with Crippen LogP contribution in [0, 0.1) is 17.1 Å². The average molecular weight is 505 g/mol. The van der Waals surface area contributed by atoms with Crippen molar-refractivity contribution in [2.45, 2.75) is 55.7 Å². The number of alkyl halides is 3. The Hall–Kier alpha value is -3.52. The number of ketones is 1. The summed E-state index contributed by atoms with van der Waals surface area (Å²) < 4.78 is 59.5. The second-order valence-electron chi connectivity index (χ2n) is 9.24. The molecule has 190 valence electrons. The molecule has 1 saturated heterocycles. The fraction of sp³-hybridized carbons (Fsp3) is 0.440. The molecule has 0 spiro atoms. The molecule has 4 rings (SSSR count). The lowest BCUT2D eigenvalue weighted by atomic mass is 9.74. The van der Waals surface area contributed by atoms with Crippen molar-refractivity contribution in [3.63, 3.8) is 0 Å². The van der Waals surface area contributed by atoms with Crippen LogP contribution in [0.15, 0.2) is 30.5 Å². The molecular weight excluding hydrogens is 482 g/mol. The van der Waals surface area contributed by atoms with Crippen LogP contribution in [0.4, 0.5) is 17.6 Å². The van der Waals surface area contributed by atoms with Gasteiger partial charge < -0.3 is 15.2 Å². The number of aromatic nitrogens is 1. The lowest BCUT2D eigenvalue weighted by Crippen LogP contribution is -2.48. The van der Waals surface area contributed by atoms with E-state index < -0.39 is 34.6 Å². The van der Waals surface area contributed by atoms with Crippen LogP contribution in [-0.2, 0) is 27.8 Å². The summed E-state index contributed by atoms with van der Waals surface area (Å²) in [5.41, 5.74) is -3.16. The molecule has 1 aromatic heterocycles. The first-order valence-electron chi connectivity index (χ1n) is 11.4. The van der Waals surface area contributed by atoms with Crippen LogP contribution in [0.3, 0.4) is 0 Å². The molecule has 7 nitrogen and oxygen atoms in total. The first kappa shape index (κ1) is 25.6. The van der Waals surface area contributed by atoms with Crippen LogP contribution in [-0.4, -0.2) is 46.7 Å². The van der Waals surface area contributed by atoms with E-state index in [0.717, 1.165) is 12.1 Å². The van der Waals surface area contributed by atoms with E-state index in [-0.39, 0.29) is 48.3 Å². The van der Waals surface area contributed by atoms with Crippen LogP contribution in [0.1, 0.15) is 52.9 Å². The first-order valence-corrected chi connectivity index (χ1v) is 11.4. The molecular formula is C25H23F4N3O4. The summed E-state index contributed by atoms with van der Waals surface area (Å²) in [6.07, 6.45) is -3.77. The summed E-state index contributed by atoms with van der Waals surface area (Å²) in [6.45, 7) is 0.607. The van der Waals surface area contributed by atoms with Gasteiger partial charge in [-0.2, -0.15) is 18.4 Å². The number of carbonyl (C=O) groups is 2. The maximum atomic E-state index is 14.9. The highest BCUT2D eigenvalue weighted by Gasteiger charge is 2.64. The van der Waals surface area contributed by atoms with Crippen molar-refractivity contribution in [2.75, 3.05) is 13.2 Å². The molecule has 1 aliphatic heterocycles. The number of aromatic hydroxyl groups is 1. The van der Waals surface area contributed by atoms with E-state index in [1.165, 1.54) is 18.3 Å². The van der Waals surface area contributed by atoms with Gasteiger partial charge in [0, 0.05) is 37.8 Å². The Morgan fingerprint density at radius 3 is 2.44 bits per heavy atom. The molecule has 2 aromatic rings. The smallest absolute Gasteiger partial charge is 0.411 e. The van der Waals surface area contributed by atoms with E-state index >= 15 is 0 Å². The minimum atomic E-state index is -4.57. The number of benzene rings is 1. The summed E-state index contributed by atoms with van der Waals surface area (Å²) in [6, 6.07) is 7.03. The maximum Gasteiger partial charge on any atom is 0.411 e. The van der Waals surface area contributed by atoms with E-state index in [9.17, 15) is 37.5 Å². The highest BCUT2D eigenvalue weighted by atomic mass is 19.4. The zero-order valence-corrected chi connectivity index (χ0v) is 19.1. The predicted octanol–water partition coefficient (Wildman–Crippen LogP) is 3.68. The third-order valence-electron chi connectivity index (χ3n) is 6.73. The summed E-state index contributed by atoms with van der Waals surface area (Å²) in [7, 11) is 0. The molecule has 0 bridgehead atoms. The van der Waals surface area contributed by atoms with Crippen molar-refractivity contribution >= 4 is 11.7 Å². The number of amides is 1. The monoisotopic (exact) mass is 505 g/mol. The molecule has 2 fully saturated rings. The van der Waals surface area contributed by atoms with Crippen LogP contribution in [0.25, 0.3) is 0 Å². The van der Waals surface area contributed by atoms with Gasteiger partial charge in [-0.1, -0.05) is 0 Å². The van der Waals surface area contributed by atoms with Gasteiger partial charge in [-0.3, -0.25) is 14.6 Å². The quantitative estimate of drug-likeness (QED) is 0.556. The number of carbonyl (C=O) groups excluding carboxylic acids is 2. The van der Waals surface area contributed by atoms with E-state index in [1.807, 2.05) is 5.32 Å². The van der Waals surface area contributed by atoms with Crippen molar-refractivity contribution in [3.8, 4) is 11.8 Å². The molecule has 0 unspecified atom stereocenters. The van der Waals surface area contributed by atoms with Gasteiger partial charge in [-0.25, -0.2) is 4.39 Å². The average Bonchev–Trinajstić information content (AvgIpc) is 3.62. The number of nitriles is 1. The minimum Gasteiger partial charge on any atom is -0.508 e. The molecule has 0 radical (unpaired) electrons. The predicted molar refractivity (Wildman–Crippen MR) is 118 cm³/mol. The zero-order valence-electron chi connectivity index (χ0n) is 19.1. The van der Waals surface area contributed by atoms with Gasteiger partial charge in [0.1, 0.15) is 28.6 Å². The normalized spacial score (nSPS) is 18.2. The lowest BCUT2D eigenvalue weighted by Gasteiger charge is -2.31. The Labute approximate surface area is 204 Å². The number of Topliss-reactive ketones (excluding diaryl/α,β-unsaturated/α-hetero) is 1. The van der Waals surface area contributed by atoms with Crippen molar-refractivity contribution in [3.05, 3.63) is 58.7 Å². The third-order valence-corrected chi connectivity index (χ3v) is 6.73. The van der Waals surface area contributed by atoms with Crippen LogP contribution in [0.5, 0.6) is 5.75 Å². The molecule has 2 heterocycles. The van der Waals surface area contributed by atoms with Gasteiger partial charge in [0.05, 0.1) is 11.5 Å². The van der Waals surface area contributed by atoms with Gasteiger partial charge in [0.15, 0.2) is 0 Å². The fourth-order valence-electron chi connectivity index (χ4n) is 4.38. The van der Waals surface area contributed by atoms with Gasteiger partial charge in [-0.05, 0) is 61.1 Å². The Balaban J connectivity index is 1.45. The van der Waals surface area contributed by atoms with Gasteiger partial charge >= 0.3 is 6.18 Å². The third kappa shape index (κ3) is 5.04. The number of ether oxygens (including phenoxy) is 1. The van der Waals surface area contributed by atoms with Gasteiger partial charge in [-0.15, -0.1) is 0 Å². The number of rotatable bonds is 7. The zero-order chi connectivity index (χ0) is 26.1. The van der Waals surface area contributed by atoms with Crippen molar-refractivity contribution in [2.24, 2.45) is 0 Å². The number of phenolic OH excluding ortho intramolecular Hbond substituents is 1. The fourth-order valence-corrected chi connectivity index (χ4v) is 4.38. The van der Waals surface area contributed by atoms with E-state index in [2.05, 4.69) is 11.1 Å². The highest BCUT2D eigenvalue weighted by molar-refractivity contribution is 5.93. The van der Waals surface area contributed by atoms with E-state index in [0.29, 0.717) is 31.6 Å². The summed E-state index contributed by atoms with van der Waals surface area (Å²) in [5.74, 6) is -2.48. The second kappa shape index (κ2) is 9.50. The molecule has 1 amide bonds. The largest absolute Gasteiger partial charge is 0.508 e. The molecule has 2 N–H and O–H groups in total. The number of nitrogens with one attached hydrogen (secondary N) is 1. The molecule has 11 heteroatoms. The van der Waals surface area contributed by atoms with Gasteiger partial charge in [0.25, 0.3) is 5.91 Å². The lowest BCUT2D eigenvalue weighted by molar-refractivity contribution is -0.163. The van der Waals surface area contributed by atoms with Crippen molar-refractivity contribution in [1.29, 1.82) is 5.26 Å². The summed E-state index contributed by atoms with van der Waals surface area (Å²) in [5, 5.41) is 22.2. The molecule has 1 aromatic carbocycles. The number of nitrogens with zero attached hydrogens (tertiary/aromatic N) is 2. The second-order valence-corrected chi connectivity index (χ2v) is 9.24. The summed E-state index contributed by atoms with van der Waals surface area (Å²) in [4.78, 5) is 28.7. The van der Waals surface area contributed by atoms with E-state index in [4.69, 9.17) is 4.74 Å².